The molecular formula is C14H16F2O4. The molecule has 1 N–H and O–H groups in total. The van der Waals surface area contributed by atoms with Gasteiger partial charge in [0.15, 0.2) is 23.1 Å². The number of aliphatic carboxylic acids is 1. The van der Waals surface area contributed by atoms with Crippen molar-refractivity contribution in [1.29, 1.82) is 0 Å². The Morgan fingerprint density at radius 3 is 2.15 bits per heavy atom. The lowest BCUT2D eigenvalue weighted by atomic mass is 9.89. The van der Waals surface area contributed by atoms with Gasteiger partial charge < -0.3 is 14.6 Å². The first kappa shape index (κ1) is 14.6. The molecule has 1 aliphatic carbocycles. The smallest absolute Gasteiger partial charge is 0.303 e. The summed E-state index contributed by atoms with van der Waals surface area (Å²) in [7, 11) is 2.53. The molecule has 2 rings (SSSR count). The third-order valence-electron chi connectivity index (χ3n) is 3.56. The van der Waals surface area contributed by atoms with Crippen LogP contribution in [0, 0.1) is 17.6 Å². The summed E-state index contributed by atoms with van der Waals surface area (Å²) in [4.78, 5) is 10.9. The van der Waals surface area contributed by atoms with Crippen molar-refractivity contribution in [2.45, 2.75) is 25.2 Å². The van der Waals surface area contributed by atoms with Crippen LogP contribution < -0.4 is 9.47 Å². The largest absolute Gasteiger partial charge is 0.494 e. The van der Waals surface area contributed by atoms with Gasteiger partial charge in [0.1, 0.15) is 0 Å². The number of halogens is 2. The fraction of sp³-hybridized carbons (Fsp3) is 0.500. The van der Waals surface area contributed by atoms with E-state index in [1.807, 2.05) is 0 Å². The summed E-state index contributed by atoms with van der Waals surface area (Å²) in [5.74, 6) is -3.76. The van der Waals surface area contributed by atoms with E-state index >= 15 is 0 Å². The van der Waals surface area contributed by atoms with Gasteiger partial charge in [0.25, 0.3) is 0 Å². The van der Waals surface area contributed by atoms with E-state index in [2.05, 4.69) is 0 Å². The van der Waals surface area contributed by atoms with E-state index < -0.39 is 23.5 Å². The first-order chi connectivity index (χ1) is 9.49. The average Bonchev–Trinajstić information content (AvgIpc) is 3.22. The van der Waals surface area contributed by atoms with Gasteiger partial charge in [-0.15, -0.1) is 0 Å². The van der Waals surface area contributed by atoms with E-state index in [9.17, 15) is 13.6 Å². The van der Waals surface area contributed by atoms with Crippen LogP contribution in [-0.4, -0.2) is 25.3 Å². The number of hydrogen-bond acceptors (Lipinski definition) is 3. The molecule has 0 saturated heterocycles. The van der Waals surface area contributed by atoms with Crippen LogP contribution >= 0.6 is 0 Å². The second kappa shape index (κ2) is 5.64. The Morgan fingerprint density at radius 2 is 1.80 bits per heavy atom. The molecule has 4 nitrogen and oxygen atoms in total. The highest BCUT2D eigenvalue weighted by atomic mass is 19.1. The molecule has 20 heavy (non-hydrogen) atoms. The Bertz CT molecular complexity index is 498. The van der Waals surface area contributed by atoms with Crippen molar-refractivity contribution in [2.75, 3.05) is 14.2 Å². The highest BCUT2D eigenvalue weighted by Crippen LogP contribution is 2.48. The van der Waals surface area contributed by atoms with E-state index in [1.54, 1.807) is 0 Å². The molecular weight excluding hydrogens is 270 g/mol. The van der Waals surface area contributed by atoms with Crippen molar-refractivity contribution in [2.24, 2.45) is 5.92 Å². The number of ether oxygens (including phenoxy) is 2. The van der Waals surface area contributed by atoms with Gasteiger partial charge in [-0.25, -0.2) is 8.78 Å². The summed E-state index contributed by atoms with van der Waals surface area (Å²) in [6.07, 6.45) is 1.24. The Balaban J connectivity index is 2.54. The fourth-order valence-electron chi connectivity index (χ4n) is 2.42. The topological polar surface area (TPSA) is 55.8 Å². The molecule has 0 aromatic heterocycles. The van der Waals surface area contributed by atoms with Crippen molar-refractivity contribution < 1.29 is 28.2 Å². The summed E-state index contributed by atoms with van der Waals surface area (Å²) in [5.41, 5.74) is -0.244. The van der Waals surface area contributed by atoms with E-state index in [4.69, 9.17) is 14.6 Å². The Labute approximate surface area is 115 Å². The van der Waals surface area contributed by atoms with Gasteiger partial charge in [-0.2, -0.15) is 0 Å². The Kier molecular flexibility index (Phi) is 4.11. The maximum atomic E-state index is 14.3. The summed E-state index contributed by atoms with van der Waals surface area (Å²) in [5, 5.41) is 8.95. The minimum atomic E-state index is -1.08. The van der Waals surface area contributed by atoms with Gasteiger partial charge in [0, 0.05) is 17.5 Å². The third-order valence-corrected chi connectivity index (χ3v) is 3.56. The summed E-state index contributed by atoms with van der Waals surface area (Å²) < 4.78 is 38.4. The second-order valence-electron chi connectivity index (χ2n) is 4.86. The van der Waals surface area contributed by atoms with Crippen molar-refractivity contribution in [1.82, 2.24) is 0 Å². The standard InChI is InChI=1S/C14H16F2O4/c1-19-9-6-10(20-2)14(16)12(13(9)15)8(5-11(17)18)7-3-4-7/h6-8H,3-5H2,1-2H3,(H,17,18). The number of carboxylic acid groups (broad SMARTS) is 1. The minimum absolute atomic E-state index is 0.00749. The van der Waals surface area contributed by atoms with Gasteiger partial charge in [-0.3, -0.25) is 4.79 Å². The van der Waals surface area contributed by atoms with Crippen molar-refractivity contribution in [3.8, 4) is 11.5 Å². The molecule has 1 atom stereocenters. The Hall–Kier alpha value is -1.85. The maximum absolute atomic E-state index is 14.3. The molecule has 0 amide bonds. The van der Waals surface area contributed by atoms with Crippen LogP contribution in [-0.2, 0) is 4.79 Å². The van der Waals surface area contributed by atoms with Gasteiger partial charge >= 0.3 is 5.97 Å². The molecule has 0 aliphatic heterocycles. The number of methoxy groups -OCH3 is 2. The molecule has 1 fully saturated rings. The van der Waals surface area contributed by atoms with E-state index in [0.29, 0.717) is 0 Å². The van der Waals surface area contributed by atoms with Gasteiger partial charge in [-0.1, -0.05) is 0 Å². The lowest BCUT2D eigenvalue weighted by molar-refractivity contribution is -0.137. The fourth-order valence-corrected chi connectivity index (χ4v) is 2.42. The molecule has 6 heteroatoms. The molecule has 0 spiro atoms. The Morgan fingerprint density at radius 1 is 1.30 bits per heavy atom. The quantitative estimate of drug-likeness (QED) is 0.873. The molecule has 0 heterocycles. The highest BCUT2D eigenvalue weighted by molar-refractivity contribution is 5.68. The molecule has 110 valence electrons. The second-order valence-corrected chi connectivity index (χ2v) is 4.86. The van der Waals surface area contributed by atoms with Gasteiger partial charge in [0.2, 0.25) is 0 Å². The van der Waals surface area contributed by atoms with Crippen LogP contribution in [0.1, 0.15) is 30.7 Å². The summed E-state index contributed by atoms with van der Waals surface area (Å²) in [6, 6.07) is 1.12. The van der Waals surface area contributed by atoms with Crippen LogP contribution in [0.25, 0.3) is 0 Å². The van der Waals surface area contributed by atoms with Crippen molar-refractivity contribution in [3.05, 3.63) is 23.3 Å². The molecule has 1 aliphatic rings. The number of hydrogen-bond donors (Lipinski definition) is 1. The zero-order valence-corrected chi connectivity index (χ0v) is 11.3. The van der Waals surface area contributed by atoms with Crippen LogP contribution in [0.3, 0.4) is 0 Å². The number of carboxylic acids is 1. The summed E-state index contributed by atoms with van der Waals surface area (Å²) >= 11 is 0. The normalized spacial score (nSPS) is 15.8. The van der Waals surface area contributed by atoms with E-state index in [-0.39, 0.29) is 29.4 Å². The predicted molar refractivity (Wildman–Crippen MR) is 67.2 cm³/mol. The van der Waals surface area contributed by atoms with Crippen molar-refractivity contribution in [3.63, 3.8) is 0 Å². The third kappa shape index (κ3) is 2.69. The lowest BCUT2D eigenvalue weighted by Crippen LogP contribution is -2.13. The molecule has 0 radical (unpaired) electrons. The van der Waals surface area contributed by atoms with Crippen LogP contribution in [0.2, 0.25) is 0 Å². The minimum Gasteiger partial charge on any atom is -0.494 e. The molecule has 1 saturated carbocycles. The zero-order valence-electron chi connectivity index (χ0n) is 11.3. The van der Waals surface area contributed by atoms with Crippen LogP contribution in [0.4, 0.5) is 8.78 Å². The summed E-state index contributed by atoms with van der Waals surface area (Å²) in [6.45, 7) is 0. The molecule has 1 aromatic rings. The number of benzene rings is 1. The van der Waals surface area contributed by atoms with Crippen LogP contribution in [0.15, 0.2) is 6.07 Å². The lowest BCUT2D eigenvalue weighted by Gasteiger charge is -2.19. The predicted octanol–water partition coefficient (Wildman–Crippen LogP) is 2.95. The molecule has 1 unspecified atom stereocenters. The molecule has 1 aromatic carbocycles. The highest BCUT2D eigenvalue weighted by Gasteiger charge is 2.38. The van der Waals surface area contributed by atoms with E-state index in [0.717, 1.165) is 18.9 Å². The van der Waals surface area contributed by atoms with E-state index in [1.165, 1.54) is 14.2 Å². The van der Waals surface area contributed by atoms with Crippen LogP contribution in [0.5, 0.6) is 11.5 Å². The van der Waals surface area contributed by atoms with Crippen molar-refractivity contribution >= 4 is 5.97 Å². The number of rotatable bonds is 6. The zero-order chi connectivity index (χ0) is 14.9. The van der Waals surface area contributed by atoms with Gasteiger partial charge in [0.05, 0.1) is 20.6 Å². The average molecular weight is 286 g/mol. The SMILES string of the molecule is COc1cc(OC)c(F)c(C(CC(=O)O)C2CC2)c1F. The first-order valence-corrected chi connectivity index (χ1v) is 6.31. The maximum Gasteiger partial charge on any atom is 0.303 e. The number of carbonyl (C=O) groups is 1. The first-order valence-electron chi connectivity index (χ1n) is 6.31. The molecule has 0 bridgehead atoms. The monoisotopic (exact) mass is 286 g/mol. The van der Waals surface area contributed by atoms with Gasteiger partial charge in [-0.05, 0) is 18.8 Å².